The number of benzene rings is 1. The lowest BCUT2D eigenvalue weighted by molar-refractivity contribution is 0.0696. The number of sulfonamides is 1. The molecule has 0 fully saturated rings. The van der Waals surface area contributed by atoms with Crippen LogP contribution in [-0.2, 0) is 22.9 Å². The summed E-state index contributed by atoms with van der Waals surface area (Å²) < 4.78 is 26.9. The summed E-state index contributed by atoms with van der Waals surface area (Å²) in [6.07, 6.45) is 4.38. The quantitative estimate of drug-likeness (QED) is 0.829. The highest BCUT2D eigenvalue weighted by atomic mass is 32.2. The molecule has 0 aliphatic rings. The summed E-state index contributed by atoms with van der Waals surface area (Å²) >= 11 is 0. The number of aromatic carboxylic acids is 1. The lowest BCUT2D eigenvalue weighted by Gasteiger charge is -2.19. The minimum Gasteiger partial charge on any atom is -0.478 e. The number of hydrogen-bond acceptors (Lipinski definition) is 4. The Hall–Kier alpha value is -2.25. The van der Waals surface area contributed by atoms with Crippen LogP contribution in [0.5, 0.6) is 0 Å². The number of aryl methyl sites for hydroxylation is 1. The van der Waals surface area contributed by atoms with Crippen LogP contribution in [0.1, 0.15) is 28.4 Å². The fourth-order valence-electron chi connectivity index (χ4n) is 2.34. The van der Waals surface area contributed by atoms with E-state index >= 15 is 0 Å². The Morgan fingerprint density at radius 1 is 1.21 bits per heavy atom. The Kier molecular flexibility index (Phi) is 5.69. The summed E-state index contributed by atoms with van der Waals surface area (Å²) in [5, 5.41) is 9.11. The molecule has 24 heavy (non-hydrogen) atoms. The standard InChI is InChI=1S/C17H20N2O4S/c1-3-14-4-5-15(17(20)21)12-16(14)24(22,23)19(2)11-8-13-6-9-18-10-7-13/h4-7,9-10,12H,3,8,11H2,1-2H3,(H,20,21). The third-order valence-electron chi connectivity index (χ3n) is 3.85. The molecule has 1 heterocycles. The van der Waals surface area contributed by atoms with Gasteiger partial charge in [0.2, 0.25) is 10.0 Å². The minimum absolute atomic E-state index is 0.0340. The highest BCUT2D eigenvalue weighted by molar-refractivity contribution is 7.89. The fraction of sp³-hybridized carbons (Fsp3) is 0.294. The van der Waals surface area contributed by atoms with Crippen molar-refractivity contribution in [3.8, 4) is 0 Å². The topological polar surface area (TPSA) is 87.6 Å². The van der Waals surface area contributed by atoms with Gasteiger partial charge in [0, 0.05) is 26.0 Å². The lowest BCUT2D eigenvalue weighted by Crippen LogP contribution is -2.30. The Bertz CT molecular complexity index is 820. The molecule has 7 heteroatoms. The van der Waals surface area contributed by atoms with E-state index < -0.39 is 16.0 Å². The van der Waals surface area contributed by atoms with Crippen molar-refractivity contribution in [2.75, 3.05) is 13.6 Å². The monoisotopic (exact) mass is 348 g/mol. The molecule has 0 amide bonds. The van der Waals surface area contributed by atoms with Crippen molar-refractivity contribution in [1.29, 1.82) is 0 Å². The van der Waals surface area contributed by atoms with Crippen molar-refractivity contribution in [3.05, 3.63) is 59.4 Å². The van der Waals surface area contributed by atoms with E-state index in [9.17, 15) is 13.2 Å². The number of rotatable bonds is 7. The van der Waals surface area contributed by atoms with E-state index in [1.807, 2.05) is 19.1 Å². The summed E-state index contributed by atoms with van der Waals surface area (Å²) in [6.45, 7) is 2.14. The number of aromatic nitrogens is 1. The number of hydrogen-bond donors (Lipinski definition) is 1. The second-order valence-electron chi connectivity index (χ2n) is 5.41. The van der Waals surface area contributed by atoms with Crippen molar-refractivity contribution < 1.29 is 18.3 Å². The predicted octanol–water partition coefficient (Wildman–Crippen LogP) is 2.21. The molecule has 2 aromatic rings. The zero-order valence-electron chi connectivity index (χ0n) is 13.6. The molecule has 2 rings (SSSR count). The predicted molar refractivity (Wildman–Crippen MR) is 90.5 cm³/mol. The first-order chi connectivity index (χ1) is 11.4. The van der Waals surface area contributed by atoms with E-state index in [2.05, 4.69) is 4.98 Å². The number of likely N-dealkylation sites (N-methyl/N-ethyl adjacent to an activating group) is 1. The van der Waals surface area contributed by atoms with Crippen LogP contribution < -0.4 is 0 Å². The van der Waals surface area contributed by atoms with Gasteiger partial charge in [-0.05, 0) is 48.2 Å². The van der Waals surface area contributed by atoms with Gasteiger partial charge in [-0.2, -0.15) is 0 Å². The van der Waals surface area contributed by atoms with Gasteiger partial charge in [0.15, 0.2) is 0 Å². The molecule has 0 unspecified atom stereocenters. The van der Waals surface area contributed by atoms with Gasteiger partial charge in [0.05, 0.1) is 10.5 Å². The van der Waals surface area contributed by atoms with Crippen molar-refractivity contribution in [2.45, 2.75) is 24.7 Å². The molecular formula is C17H20N2O4S. The van der Waals surface area contributed by atoms with Crippen LogP contribution in [0.3, 0.4) is 0 Å². The van der Waals surface area contributed by atoms with Gasteiger partial charge in [0.25, 0.3) is 0 Å². The average molecular weight is 348 g/mol. The van der Waals surface area contributed by atoms with Crippen LogP contribution in [0, 0.1) is 0 Å². The SMILES string of the molecule is CCc1ccc(C(=O)O)cc1S(=O)(=O)N(C)CCc1ccncc1. The van der Waals surface area contributed by atoms with Crippen LogP contribution in [0.25, 0.3) is 0 Å². The number of carbonyl (C=O) groups is 1. The van der Waals surface area contributed by atoms with Gasteiger partial charge in [-0.1, -0.05) is 13.0 Å². The third-order valence-corrected chi connectivity index (χ3v) is 5.79. The van der Waals surface area contributed by atoms with Crippen LogP contribution in [-0.4, -0.2) is 42.4 Å². The summed E-state index contributed by atoms with van der Waals surface area (Å²) in [6, 6.07) is 7.90. The first-order valence-electron chi connectivity index (χ1n) is 7.57. The van der Waals surface area contributed by atoms with Crippen LogP contribution in [0.15, 0.2) is 47.6 Å². The van der Waals surface area contributed by atoms with Gasteiger partial charge in [-0.15, -0.1) is 0 Å². The molecule has 6 nitrogen and oxygen atoms in total. The normalized spacial score (nSPS) is 11.6. The maximum atomic E-state index is 12.8. The zero-order valence-corrected chi connectivity index (χ0v) is 14.5. The number of pyridine rings is 1. The Labute approximate surface area is 141 Å². The second kappa shape index (κ2) is 7.55. The first kappa shape index (κ1) is 18.1. The molecule has 0 aliphatic heterocycles. The van der Waals surface area contributed by atoms with Crippen LogP contribution in [0.4, 0.5) is 0 Å². The van der Waals surface area contributed by atoms with E-state index in [1.165, 1.54) is 23.5 Å². The highest BCUT2D eigenvalue weighted by Gasteiger charge is 2.24. The molecule has 1 aromatic carbocycles. The maximum absolute atomic E-state index is 12.8. The first-order valence-corrected chi connectivity index (χ1v) is 9.01. The fourth-order valence-corrected chi connectivity index (χ4v) is 3.83. The molecule has 0 radical (unpaired) electrons. The largest absolute Gasteiger partial charge is 0.478 e. The summed E-state index contributed by atoms with van der Waals surface area (Å²) in [5.41, 5.74) is 1.56. The second-order valence-corrected chi connectivity index (χ2v) is 7.43. The van der Waals surface area contributed by atoms with E-state index in [1.54, 1.807) is 18.5 Å². The van der Waals surface area contributed by atoms with Crippen LogP contribution >= 0.6 is 0 Å². The van der Waals surface area contributed by atoms with Gasteiger partial charge >= 0.3 is 5.97 Å². The molecule has 128 valence electrons. The zero-order chi connectivity index (χ0) is 17.7. The van der Waals surface area contributed by atoms with Gasteiger partial charge in [0.1, 0.15) is 0 Å². The van der Waals surface area contributed by atoms with Crippen molar-refractivity contribution in [3.63, 3.8) is 0 Å². The van der Waals surface area contributed by atoms with Crippen LogP contribution in [0.2, 0.25) is 0 Å². The highest BCUT2D eigenvalue weighted by Crippen LogP contribution is 2.22. The number of carboxylic acid groups (broad SMARTS) is 1. The van der Waals surface area contributed by atoms with E-state index in [4.69, 9.17) is 5.11 Å². The summed E-state index contributed by atoms with van der Waals surface area (Å²) in [4.78, 5) is 15.1. The lowest BCUT2D eigenvalue weighted by atomic mass is 10.1. The minimum atomic E-state index is -3.75. The molecule has 0 spiro atoms. The third kappa shape index (κ3) is 3.98. The van der Waals surface area contributed by atoms with Gasteiger partial charge in [-0.25, -0.2) is 17.5 Å². The molecule has 0 bridgehead atoms. The Balaban J connectivity index is 2.28. The summed E-state index contributed by atoms with van der Waals surface area (Å²) in [7, 11) is -2.25. The van der Waals surface area contributed by atoms with E-state index in [0.29, 0.717) is 24.9 Å². The molecule has 0 saturated heterocycles. The van der Waals surface area contributed by atoms with E-state index in [0.717, 1.165) is 5.56 Å². The molecule has 0 atom stereocenters. The maximum Gasteiger partial charge on any atom is 0.335 e. The molecular weight excluding hydrogens is 328 g/mol. The molecule has 0 aliphatic carbocycles. The number of nitrogens with zero attached hydrogens (tertiary/aromatic N) is 2. The Morgan fingerprint density at radius 3 is 2.46 bits per heavy atom. The number of carboxylic acids is 1. The Morgan fingerprint density at radius 2 is 1.88 bits per heavy atom. The molecule has 0 saturated carbocycles. The van der Waals surface area contributed by atoms with Gasteiger partial charge < -0.3 is 5.11 Å². The van der Waals surface area contributed by atoms with Crippen molar-refractivity contribution in [2.24, 2.45) is 0 Å². The molecule has 1 N–H and O–H groups in total. The van der Waals surface area contributed by atoms with E-state index in [-0.39, 0.29) is 10.5 Å². The van der Waals surface area contributed by atoms with Crippen molar-refractivity contribution in [1.82, 2.24) is 9.29 Å². The van der Waals surface area contributed by atoms with Crippen molar-refractivity contribution >= 4 is 16.0 Å². The molecule has 1 aromatic heterocycles. The smallest absolute Gasteiger partial charge is 0.335 e. The average Bonchev–Trinajstić information content (AvgIpc) is 2.59. The summed E-state index contributed by atoms with van der Waals surface area (Å²) in [5.74, 6) is -1.14. The van der Waals surface area contributed by atoms with Gasteiger partial charge in [-0.3, -0.25) is 4.98 Å².